The molecule has 0 spiro atoms. The van der Waals surface area contributed by atoms with Crippen LogP contribution >= 0.6 is 7.37 Å². The van der Waals surface area contributed by atoms with Crippen LogP contribution in [0.25, 0.3) is 0 Å². The van der Waals surface area contributed by atoms with Crippen molar-refractivity contribution in [2.45, 2.75) is 50.0 Å². The Hall–Kier alpha value is -5.34. The van der Waals surface area contributed by atoms with E-state index in [0.29, 0.717) is 0 Å². The molecule has 0 amide bonds. The van der Waals surface area contributed by atoms with Crippen molar-refractivity contribution in [3.05, 3.63) is 179 Å². The Bertz CT molecular complexity index is 1900. The van der Waals surface area contributed by atoms with Gasteiger partial charge in [0.25, 0.3) is 0 Å². The van der Waals surface area contributed by atoms with E-state index in [1.165, 1.54) is 0 Å². The molecule has 0 aromatic heterocycles. The van der Waals surface area contributed by atoms with Gasteiger partial charge < -0.3 is 18.9 Å². The van der Waals surface area contributed by atoms with E-state index < -0.39 is 56.0 Å². The Morgan fingerprint density at radius 2 is 0.843 bits per heavy atom. The maximum Gasteiger partial charge on any atom is 0.338 e. The van der Waals surface area contributed by atoms with Crippen molar-refractivity contribution in [3.63, 3.8) is 0 Å². The maximum atomic E-state index is 15.0. The maximum absolute atomic E-state index is 15.0. The molecular weight excluding hydrogens is 667 g/mol. The van der Waals surface area contributed by atoms with Crippen molar-refractivity contribution >= 4 is 25.3 Å². The molecule has 10 heteroatoms. The molecule has 0 N–H and O–H groups in total. The first kappa shape index (κ1) is 35.5. The van der Waals surface area contributed by atoms with Crippen LogP contribution in [0.2, 0.25) is 0 Å². The van der Waals surface area contributed by atoms with Crippen molar-refractivity contribution < 1.29 is 42.4 Å². The Kier molecular flexibility index (Phi) is 11.5. The number of carbonyl (C=O) groups excluding carboxylic acids is 3. The van der Waals surface area contributed by atoms with E-state index in [9.17, 15) is 18.9 Å². The minimum Gasteiger partial charge on any atom is -0.452 e. The van der Waals surface area contributed by atoms with Gasteiger partial charge in [-0.2, -0.15) is 0 Å². The third-order valence-corrected chi connectivity index (χ3v) is 10.6. The SMILES string of the molecule is C[C@@H]1O[C@H](OP(=O)(Cc2ccccc2)Cc2ccccc2)[C@@H](OC(=O)c2ccccc2)[C@H](OC(=O)c2ccccc2)[C@@H]1OC(=O)c1ccccc1. The molecule has 6 rings (SSSR count). The van der Waals surface area contributed by atoms with Crippen molar-refractivity contribution in [2.24, 2.45) is 0 Å². The summed E-state index contributed by atoms with van der Waals surface area (Å²) in [5.41, 5.74) is 2.21. The highest BCUT2D eigenvalue weighted by molar-refractivity contribution is 7.57. The van der Waals surface area contributed by atoms with Gasteiger partial charge in [-0.25, -0.2) is 14.4 Å². The molecule has 0 saturated carbocycles. The lowest BCUT2D eigenvalue weighted by atomic mass is 9.98. The highest BCUT2D eigenvalue weighted by Gasteiger charge is 2.53. The zero-order chi connectivity index (χ0) is 35.6. The third-order valence-electron chi connectivity index (χ3n) is 8.31. The largest absolute Gasteiger partial charge is 0.452 e. The first-order chi connectivity index (χ1) is 24.8. The lowest BCUT2D eigenvalue weighted by molar-refractivity contribution is -0.266. The topological polar surface area (TPSA) is 114 Å². The summed E-state index contributed by atoms with van der Waals surface area (Å²) < 4.78 is 45.9. The van der Waals surface area contributed by atoms with Gasteiger partial charge >= 0.3 is 17.9 Å². The summed E-state index contributed by atoms with van der Waals surface area (Å²) in [6.45, 7) is 1.62. The molecule has 5 aromatic rings. The van der Waals surface area contributed by atoms with Crippen LogP contribution in [0.1, 0.15) is 49.1 Å². The summed E-state index contributed by atoms with van der Waals surface area (Å²) in [6.07, 6.45) is -6.60. The number of ether oxygens (including phenoxy) is 4. The molecule has 1 heterocycles. The Morgan fingerprint density at radius 3 is 1.24 bits per heavy atom. The van der Waals surface area contributed by atoms with E-state index in [0.717, 1.165) is 11.1 Å². The molecule has 0 radical (unpaired) electrons. The molecule has 1 aliphatic heterocycles. The minimum absolute atomic E-state index is 0.0389. The van der Waals surface area contributed by atoms with Gasteiger partial charge in [-0.1, -0.05) is 115 Å². The summed E-state index contributed by atoms with van der Waals surface area (Å²) in [6, 6.07) is 43.3. The molecule has 260 valence electrons. The average molecular weight is 705 g/mol. The van der Waals surface area contributed by atoms with Gasteiger partial charge in [-0.05, 0) is 54.4 Å². The molecule has 1 saturated heterocycles. The number of rotatable bonds is 12. The van der Waals surface area contributed by atoms with Crippen LogP contribution in [0, 0.1) is 0 Å². The first-order valence-electron chi connectivity index (χ1n) is 16.6. The lowest BCUT2D eigenvalue weighted by Crippen LogP contribution is -2.61. The van der Waals surface area contributed by atoms with Crippen molar-refractivity contribution in [1.29, 1.82) is 0 Å². The van der Waals surface area contributed by atoms with Gasteiger partial charge in [0.15, 0.2) is 18.3 Å². The number of hydrogen-bond donors (Lipinski definition) is 0. The molecule has 51 heavy (non-hydrogen) atoms. The zero-order valence-electron chi connectivity index (χ0n) is 27.9. The van der Waals surface area contributed by atoms with Crippen molar-refractivity contribution in [3.8, 4) is 0 Å². The number of benzene rings is 5. The second-order valence-corrected chi connectivity index (χ2v) is 14.6. The minimum atomic E-state index is -3.69. The molecule has 1 fully saturated rings. The quantitative estimate of drug-likeness (QED) is 0.0722. The molecule has 5 aromatic carbocycles. The molecule has 0 aliphatic carbocycles. The van der Waals surface area contributed by atoms with Crippen LogP contribution in [0.15, 0.2) is 152 Å². The van der Waals surface area contributed by atoms with Crippen LogP contribution in [-0.4, -0.2) is 48.6 Å². The smallest absolute Gasteiger partial charge is 0.338 e. The van der Waals surface area contributed by atoms with Crippen LogP contribution in [-0.2, 0) is 40.4 Å². The second-order valence-electron chi connectivity index (χ2n) is 12.1. The van der Waals surface area contributed by atoms with Gasteiger partial charge in [0, 0.05) is 0 Å². The Labute approximate surface area is 296 Å². The van der Waals surface area contributed by atoms with Gasteiger partial charge in [0.2, 0.25) is 13.7 Å². The second kappa shape index (κ2) is 16.6. The van der Waals surface area contributed by atoms with E-state index in [-0.39, 0.29) is 29.0 Å². The molecule has 5 atom stereocenters. The van der Waals surface area contributed by atoms with Crippen LogP contribution in [0.5, 0.6) is 0 Å². The van der Waals surface area contributed by atoms with E-state index in [4.69, 9.17) is 23.5 Å². The fourth-order valence-corrected chi connectivity index (χ4v) is 8.16. The summed E-state index contributed by atoms with van der Waals surface area (Å²) in [7, 11) is -3.69. The molecule has 0 bridgehead atoms. The van der Waals surface area contributed by atoms with Gasteiger partial charge in [0.05, 0.1) is 35.1 Å². The highest BCUT2D eigenvalue weighted by Crippen LogP contribution is 2.55. The number of carbonyl (C=O) groups is 3. The average Bonchev–Trinajstić information content (AvgIpc) is 3.16. The highest BCUT2D eigenvalue weighted by atomic mass is 31.2. The standard InChI is InChI=1S/C41H37O9P/c1-29-35(47-38(42)32-21-11-4-12-22-32)36(48-39(43)33-23-13-5-14-24-33)37(49-40(44)34-25-15-6-16-26-34)41(46-29)50-51(45,27-30-17-7-2-8-18-30)28-31-19-9-3-10-20-31/h2-26,29,35-37,41H,27-28H2,1H3/t29-,35+,36+,37-,41+/m0/s1. The van der Waals surface area contributed by atoms with Gasteiger partial charge in [-0.15, -0.1) is 0 Å². The van der Waals surface area contributed by atoms with Crippen molar-refractivity contribution in [2.75, 3.05) is 0 Å². The summed E-state index contributed by atoms with van der Waals surface area (Å²) in [5, 5.41) is 0. The predicted molar refractivity (Wildman–Crippen MR) is 190 cm³/mol. The number of esters is 3. The predicted octanol–water partition coefficient (Wildman–Crippen LogP) is 8.10. The van der Waals surface area contributed by atoms with Gasteiger partial charge in [-0.3, -0.25) is 9.09 Å². The lowest BCUT2D eigenvalue weighted by Gasteiger charge is -2.44. The Morgan fingerprint density at radius 1 is 0.510 bits per heavy atom. The fraction of sp³-hybridized carbons (Fsp3) is 0.195. The van der Waals surface area contributed by atoms with Crippen LogP contribution in [0.4, 0.5) is 0 Å². The van der Waals surface area contributed by atoms with Crippen LogP contribution < -0.4 is 0 Å². The van der Waals surface area contributed by atoms with E-state index in [1.807, 2.05) is 60.7 Å². The fourth-order valence-electron chi connectivity index (χ4n) is 5.82. The van der Waals surface area contributed by atoms with E-state index in [1.54, 1.807) is 97.9 Å². The molecular formula is C41H37O9P. The normalized spacial score (nSPS) is 20.1. The first-order valence-corrected chi connectivity index (χ1v) is 18.6. The van der Waals surface area contributed by atoms with Crippen LogP contribution in [0.3, 0.4) is 0 Å². The molecule has 1 aliphatic rings. The van der Waals surface area contributed by atoms with Gasteiger partial charge in [0.1, 0.15) is 0 Å². The zero-order valence-corrected chi connectivity index (χ0v) is 28.8. The van der Waals surface area contributed by atoms with E-state index in [2.05, 4.69) is 0 Å². The summed E-state index contributed by atoms with van der Waals surface area (Å²) >= 11 is 0. The van der Waals surface area contributed by atoms with E-state index >= 15 is 0 Å². The van der Waals surface area contributed by atoms with Crippen molar-refractivity contribution in [1.82, 2.24) is 0 Å². The third kappa shape index (κ3) is 9.27. The monoisotopic (exact) mass is 704 g/mol. The molecule has 9 nitrogen and oxygen atoms in total. The number of hydrogen-bond acceptors (Lipinski definition) is 9. The summed E-state index contributed by atoms with van der Waals surface area (Å²) in [5.74, 6) is -2.24. The molecule has 0 unspecified atom stereocenters. The summed E-state index contributed by atoms with van der Waals surface area (Å²) in [4.78, 5) is 40.8. The Balaban J connectivity index is 1.40.